The Morgan fingerprint density at radius 2 is 1.55 bits per heavy atom. The average molecular weight is 304 g/mol. The van der Waals surface area contributed by atoms with Crippen LogP contribution >= 0.6 is 0 Å². The van der Waals surface area contributed by atoms with Crippen molar-refractivity contribution in [3.63, 3.8) is 0 Å². The first-order valence-electron chi connectivity index (χ1n) is 7.41. The highest BCUT2D eigenvalue weighted by Gasteiger charge is 2.43. The quantitative estimate of drug-likeness (QED) is 0.849. The highest BCUT2D eigenvalue weighted by Crippen LogP contribution is 2.36. The summed E-state index contributed by atoms with van der Waals surface area (Å²) in [5.41, 5.74) is -0.742. The smallest absolute Gasteiger partial charge is 0.309 e. The number of carboxylic acids is 1. The van der Waals surface area contributed by atoms with Gasteiger partial charge >= 0.3 is 5.97 Å². The first-order chi connectivity index (χ1) is 9.42. The van der Waals surface area contributed by atoms with E-state index in [1.54, 1.807) is 4.31 Å². The molecule has 6 nitrogen and oxygen atoms in total. The maximum Gasteiger partial charge on any atom is 0.309 e. The fraction of sp³-hybridized carbons (Fsp3) is 0.923. The number of nitrogens with zero attached hydrogens (tertiary/aromatic N) is 2. The molecule has 2 saturated heterocycles. The van der Waals surface area contributed by atoms with Crippen molar-refractivity contribution in [1.82, 2.24) is 8.61 Å². The highest BCUT2D eigenvalue weighted by atomic mass is 32.2. The van der Waals surface area contributed by atoms with Crippen molar-refractivity contribution in [3.8, 4) is 0 Å². The summed E-state index contributed by atoms with van der Waals surface area (Å²) < 4.78 is 28.0. The second-order valence-corrected chi connectivity index (χ2v) is 7.73. The van der Waals surface area contributed by atoms with E-state index in [-0.39, 0.29) is 0 Å². The van der Waals surface area contributed by atoms with E-state index in [1.807, 2.05) is 6.92 Å². The van der Waals surface area contributed by atoms with Crippen LogP contribution in [0.15, 0.2) is 0 Å². The van der Waals surface area contributed by atoms with Crippen LogP contribution < -0.4 is 0 Å². The Bertz CT molecular complexity index is 449. The first-order valence-corrected chi connectivity index (χ1v) is 8.81. The van der Waals surface area contributed by atoms with E-state index < -0.39 is 21.6 Å². The van der Waals surface area contributed by atoms with Crippen molar-refractivity contribution >= 4 is 16.2 Å². The van der Waals surface area contributed by atoms with Crippen molar-refractivity contribution in [2.75, 3.05) is 26.2 Å². The molecular weight excluding hydrogens is 280 g/mol. The van der Waals surface area contributed by atoms with E-state index >= 15 is 0 Å². The Hall–Kier alpha value is -0.660. The predicted molar refractivity (Wildman–Crippen MR) is 75.5 cm³/mol. The number of piperidine rings is 2. The van der Waals surface area contributed by atoms with Gasteiger partial charge < -0.3 is 5.11 Å². The van der Waals surface area contributed by atoms with Crippen molar-refractivity contribution in [2.24, 2.45) is 5.41 Å². The van der Waals surface area contributed by atoms with Gasteiger partial charge in [0, 0.05) is 26.2 Å². The molecule has 0 aromatic heterocycles. The summed E-state index contributed by atoms with van der Waals surface area (Å²) in [7, 11) is -3.40. The van der Waals surface area contributed by atoms with Gasteiger partial charge in [-0.3, -0.25) is 4.79 Å². The van der Waals surface area contributed by atoms with Crippen molar-refractivity contribution in [3.05, 3.63) is 0 Å². The summed E-state index contributed by atoms with van der Waals surface area (Å²) in [6, 6.07) is 0. The Kier molecular flexibility index (Phi) is 4.71. The van der Waals surface area contributed by atoms with Gasteiger partial charge in [-0.15, -0.1) is 0 Å². The lowest BCUT2D eigenvalue weighted by atomic mass is 9.77. The maximum atomic E-state index is 12.5. The SMILES string of the molecule is CCC1(C(=O)O)CCN(S(=O)(=O)N2CCCCC2)CC1. The lowest BCUT2D eigenvalue weighted by Crippen LogP contribution is -2.51. The number of hydrogen-bond acceptors (Lipinski definition) is 3. The predicted octanol–water partition coefficient (Wildman–Crippen LogP) is 1.29. The molecule has 0 saturated carbocycles. The number of carboxylic acid groups (broad SMARTS) is 1. The molecular formula is C13H24N2O4S. The fourth-order valence-electron chi connectivity index (χ4n) is 3.12. The van der Waals surface area contributed by atoms with Gasteiger partial charge in [0.1, 0.15) is 0 Å². The molecule has 2 aliphatic rings. The van der Waals surface area contributed by atoms with Crippen LogP contribution in [0.2, 0.25) is 0 Å². The van der Waals surface area contributed by atoms with Crippen LogP contribution in [0.1, 0.15) is 45.4 Å². The van der Waals surface area contributed by atoms with Gasteiger partial charge in [0.2, 0.25) is 0 Å². The van der Waals surface area contributed by atoms with Crippen LogP contribution in [0.5, 0.6) is 0 Å². The van der Waals surface area contributed by atoms with E-state index in [2.05, 4.69) is 0 Å². The Labute approximate surface area is 120 Å². The molecule has 0 bridgehead atoms. The molecule has 2 heterocycles. The first kappa shape index (κ1) is 15.7. The van der Waals surface area contributed by atoms with Crippen LogP contribution in [0.3, 0.4) is 0 Å². The molecule has 2 fully saturated rings. The summed E-state index contributed by atoms with van der Waals surface area (Å²) in [4.78, 5) is 11.4. The van der Waals surface area contributed by atoms with Gasteiger partial charge in [-0.05, 0) is 32.1 Å². The van der Waals surface area contributed by atoms with E-state index in [0.29, 0.717) is 45.4 Å². The zero-order valence-corrected chi connectivity index (χ0v) is 12.9. The number of carbonyl (C=O) groups is 1. The van der Waals surface area contributed by atoms with Crippen molar-refractivity contribution in [2.45, 2.75) is 45.4 Å². The van der Waals surface area contributed by atoms with Crippen LogP contribution in [0.25, 0.3) is 0 Å². The second-order valence-electron chi connectivity index (χ2n) is 5.81. The summed E-state index contributed by atoms with van der Waals surface area (Å²) in [6.45, 7) is 3.69. The van der Waals surface area contributed by atoms with Gasteiger partial charge in [0.15, 0.2) is 0 Å². The second kappa shape index (κ2) is 5.99. The normalized spacial score (nSPS) is 25.4. The molecule has 2 rings (SSSR count). The number of hydrogen-bond donors (Lipinski definition) is 1. The molecule has 1 N–H and O–H groups in total. The van der Waals surface area contributed by atoms with E-state index in [0.717, 1.165) is 19.3 Å². The minimum Gasteiger partial charge on any atom is -0.481 e. The van der Waals surface area contributed by atoms with E-state index in [4.69, 9.17) is 0 Å². The number of aliphatic carboxylic acids is 1. The molecule has 0 radical (unpaired) electrons. The Balaban J connectivity index is 2.04. The standard InChI is InChI=1S/C13H24N2O4S/c1-2-13(12(16)17)6-10-15(11-7-13)20(18,19)14-8-4-3-5-9-14/h2-11H2,1H3,(H,16,17). The minimum absolute atomic E-state index is 0.318. The Morgan fingerprint density at radius 3 is 2.00 bits per heavy atom. The molecule has 0 amide bonds. The van der Waals surface area contributed by atoms with Crippen molar-refractivity contribution in [1.29, 1.82) is 0 Å². The average Bonchev–Trinajstić information content (AvgIpc) is 2.48. The molecule has 116 valence electrons. The molecule has 0 spiro atoms. The highest BCUT2D eigenvalue weighted by molar-refractivity contribution is 7.86. The van der Waals surface area contributed by atoms with Crippen LogP contribution in [0, 0.1) is 5.41 Å². The summed E-state index contributed by atoms with van der Waals surface area (Å²) in [5.74, 6) is -0.796. The third-order valence-electron chi connectivity index (χ3n) is 4.78. The van der Waals surface area contributed by atoms with Gasteiger partial charge in [-0.2, -0.15) is 17.0 Å². The molecule has 0 aromatic rings. The molecule has 7 heteroatoms. The summed E-state index contributed by atoms with van der Waals surface area (Å²) in [6.07, 6.45) is 4.30. The fourth-order valence-corrected chi connectivity index (χ4v) is 4.81. The van der Waals surface area contributed by atoms with Gasteiger partial charge in [-0.25, -0.2) is 0 Å². The lowest BCUT2D eigenvalue weighted by Gasteiger charge is -2.40. The summed E-state index contributed by atoms with van der Waals surface area (Å²) >= 11 is 0. The Morgan fingerprint density at radius 1 is 1.05 bits per heavy atom. The van der Waals surface area contributed by atoms with Crippen LogP contribution in [-0.2, 0) is 15.0 Å². The molecule has 0 atom stereocenters. The van der Waals surface area contributed by atoms with Crippen molar-refractivity contribution < 1.29 is 18.3 Å². The van der Waals surface area contributed by atoms with E-state index in [1.165, 1.54) is 4.31 Å². The third-order valence-corrected chi connectivity index (χ3v) is 6.81. The molecule has 0 aliphatic carbocycles. The maximum absolute atomic E-state index is 12.5. The zero-order chi connectivity index (χ0) is 14.8. The summed E-state index contributed by atoms with van der Waals surface area (Å²) in [5, 5.41) is 9.35. The lowest BCUT2D eigenvalue weighted by molar-refractivity contribution is -0.151. The largest absolute Gasteiger partial charge is 0.481 e. The molecule has 2 aliphatic heterocycles. The van der Waals surface area contributed by atoms with Gasteiger partial charge in [0.25, 0.3) is 10.2 Å². The molecule has 0 unspecified atom stereocenters. The van der Waals surface area contributed by atoms with Gasteiger partial charge in [-0.1, -0.05) is 13.3 Å². The monoisotopic (exact) mass is 304 g/mol. The topological polar surface area (TPSA) is 77.9 Å². The number of rotatable bonds is 4. The van der Waals surface area contributed by atoms with Crippen LogP contribution in [-0.4, -0.2) is 54.3 Å². The van der Waals surface area contributed by atoms with Crippen LogP contribution in [0.4, 0.5) is 0 Å². The molecule has 0 aromatic carbocycles. The molecule has 20 heavy (non-hydrogen) atoms. The van der Waals surface area contributed by atoms with Gasteiger partial charge in [0.05, 0.1) is 5.41 Å². The third kappa shape index (κ3) is 2.84. The minimum atomic E-state index is -3.40. The van der Waals surface area contributed by atoms with E-state index in [9.17, 15) is 18.3 Å². The zero-order valence-electron chi connectivity index (χ0n) is 12.0.